The highest BCUT2D eigenvalue weighted by molar-refractivity contribution is 7.17. The van der Waals surface area contributed by atoms with Crippen molar-refractivity contribution in [2.75, 3.05) is 47.3 Å². The minimum absolute atomic E-state index is 0.103. The maximum absolute atomic E-state index is 12.9. The van der Waals surface area contributed by atoms with Crippen molar-refractivity contribution in [2.45, 2.75) is 37.8 Å². The van der Waals surface area contributed by atoms with E-state index in [0.717, 1.165) is 54.2 Å². The molecule has 1 atom stereocenters. The second-order valence-corrected chi connectivity index (χ2v) is 10.3. The maximum atomic E-state index is 12.9. The second-order valence-electron chi connectivity index (χ2n) is 9.23. The van der Waals surface area contributed by atoms with Gasteiger partial charge in [0.2, 0.25) is 0 Å². The molecule has 0 saturated carbocycles. The minimum atomic E-state index is 0.103. The lowest BCUT2D eigenvalue weighted by molar-refractivity contribution is 0.0643. The molecule has 30 heavy (non-hydrogen) atoms. The molecule has 0 unspecified atom stereocenters. The zero-order valence-corrected chi connectivity index (χ0v) is 19.5. The Hall–Kier alpha value is -1.73. The highest BCUT2D eigenvalue weighted by atomic mass is 32.1. The summed E-state index contributed by atoms with van der Waals surface area (Å²) in [5.74, 6) is 0.131. The molecular weight excluding hydrogens is 392 g/mol. The number of nitrogens with two attached hydrogens (primary N) is 1. The first kappa shape index (κ1) is 21.5. The topological polar surface area (TPSA) is 52.8 Å². The van der Waals surface area contributed by atoms with Crippen molar-refractivity contribution in [3.05, 3.63) is 46.3 Å². The first-order valence-corrected chi connectivity index (χ1v) is 11.7. The van der Waals surface area contributed by atoms with Crippen molar-refractivity contribution < 1.29 is 4.79 Å². The van der Waals surface area contributed by atoms with Crippen molar-refractivity contribution in [1.82, 2.24) is 14.7 Å². The number of nitrogens with zero attached hydrogens (tertiary/aromatic N) is 3. The van der Waals surface area contributed by atoms with Crippen LogP contribution >= 0.6 is 11.3 Å². The minimum Gasteiger partial charge on any atom is -0.336 e. The molecule has 0 spiro atoms. The zero-order valence-electron chi connectivity index (χ0n) is 18.6. The normalized spacial score (nSPS) is 22.1. The number of thiophene rings is 1. The third-order valence-electron chi connectivity index (χ3n) is 7.00. The fraction of sp³-hybridized carbons (Fsp3) is 0.542. The summed E-state index contributed by atoms with van der Waals surface area (Å²) in [6, 6.07) is 11.3. The van der Waals surface area contributed by atoms with Crippen LogP contribution in [0, 0.1) is 6.92 Å². The number of piperidine rings is 1. The van der Waals surface area contributed by atoms with Crippen molar-refractivity contribution in [1.29, 1.82) is 0 Å². The summed E-state index contributed by atoms with van der Waals surface area (Å²) in [5.41, 5.74) is 9.73. The van der Waals surface area contributed by atoms with Crippen LogP contribution in [0.2, 0.25) is 0 Å². The Morgan fingerprint density at radius 2 is 1.83 bits per heavy atom. The van der Waals surface area contributed by atoms with E-state index in [0.29, 0.717) is 6.54 Å². The Kier molecular flexibility index (Phi) is 6.04. The van der Waals surface area contributed by atoms with Gasteiger partial charge in [-0.3, -0.25) is 9.69 Å². The lowest BCUT2D eigenvalue weighted by Crippen LogP contribution is -2.49. The molecule has 1 aromatic heterocycles. The first-order valence-electron chi connectivity index (χ1n) is 10.9. The highest BCUT2D eigenvalue weighted by Crippen LogP contribution is 2.39. The average Bonchev–Trinajstić information content (AvgIpc) is 3.34. The fourth-order valence-electron chi connectivity index (χ4n) is 4.88. The van der Waals surface area contributed by atoms with Crippen LogP contribution < -0.4 is 5.73 Å². The summed E-state index contributed by atoms with van der Waals surface area (Å²) in [6.45, 7) is 5.72. The molecule has 6 heteroatoms. The van der Waals surface area contributed by atoms with Gasteiger partial charge in [-0.25, -0.2) is 0 Å². The van der Waals surface area contributed by atoms with E-state index in [4.69, 9.17) is 5.73 Å². The molecule has 2 saturated heterocycles. The Bertz CT molecular complexity index is 896. The monoisotopic (exact) mass is 426 g/mol. The molecule has 2 aliphatic heterocycles. The van der Waals surface area contributed by atoms with Gasteiger partial charge in [0.25, 0.3) is 5.91 Å². The van der Waals surface area contributed by atoms with E-state index in [1.807, 2.05) is 11.8 Å². The Morgan fingerprint density at radius 1 is 1.17 bits per heavy atom. The molecule has 0 bridgehead atoms. The van der Waals surface area contributed by atoms with Gasteiger partial charge in [-0.05, 0) is 83.2 Å². The summed E-state index contributed by atoms with van der Waals surface area (Å²) in [6.07, 6.45) is 3.18. The van der Waals surface area contributed by atoms with E-state index in [9.17, 15) is 4.79 Å². The quantitative estimate of drug-likeness (QED) is 0.814. The van der Waals surface area contributed by atoms with Crippen LogP contribution in [0.5, 0.6) is 0 Å². The molecule has 0 aliphatic carbocycles. The number of carbonyl (C=O) groups excluding carboxylic acids is 1. The predicted molar refractivity (Wildman–Crippen MR) is 125 cm³/mol. The lowest BCUT2D eigenvalue weighted by atomic mass is 9.79. The van der Waals surface area contributed by atoms with E-state index in [1.54, 1.807) is 11.3 Å². The number of carbonyl (C=O) groups is 1. The number of hydrogen-bond acceptors (Lipinski definition) is 5. The standard InChI is InChI=1S/C24H34N4OS/c1-17-15-21(30-22(17)23(29)28-12-9-20(25)16-28)18-5-7-19(8-6-18)24(26(2)3)10-13-27(4)14-11-24/h5-8,15,20H,9-14,16,25H2,1-4H3/t20-/m0/s1. The number of likely N-dealkylation sites (tertiary alicyclic amines) is 2. The molecule has 2 aromatic rings. The Labute approximate surface area is 184 Å². The molecule has 2 fully saturated rings. The number of aryl methyl sites for hydroxylation is 1. The van der Waals surface area contributed by atoms with Crippen molar-refractivity contribution in [3.8, 4) is 10.4 Å². The van der Waals surface area contributed by atoms with Gasteiger partial charge in [-0.2, -0.15) is 0 Å². The molecule has 3 heterocycles. The van der Waals surface area contributed by atoms with E-state index in [2.05, 4.69) is 61.3 Å². The van der Waals surface area contributed by atoms with Crippen LogP contribution in [0.3, 0.4) is 0 Å². The Morgan fingerprint density at radius 3 is 2.40 bits per heavy atom. The third kappa shape index (κ3) is 3.94. The van der Waals surface area contributed by atoms with Crippen molar-refractivity contribution in [2.24, 2.45) is 5.73 Å². The number of rotatable bonds is 4. The van der Waals surface area contributed by atoms with Gasteiger partial charge >= 0.3 is 0 Å². The van der Waals surface area contributed by atoms with Crippen LogP contribution in [-0.2, 0) is 5.54 Å². The van der Waals surface area contributed by atoms with Crippen molar-refractivity contribution in [3.63, 3.8) is 0 Å². The average molecular weight is 427 g/mol. The van der Waals surface area contributed by atoms with E-state index in [-0.39, 0.29) is 17.5 Å². The molecule has 1 aromatic carbocycles. The van der Waals surface area contributed by atoms with Crippen LogP contribution in [0.4, 0.5) is 0 Å². The van der Waals surface area contributed by atoms with Crippen LogP contribution in [0.15, 0.2) is 30.3 Å². The smallest absolute Gasteiger partial charge is 0.264 e. The van der Waals surface area contributed by atoms with Crippen LogP contribution in [0.1, 0.15) is 40.1 Å². The summed E-state index contributed by atoms with van der Waals surface area (Å²) in [4.78, 5) is 21.6. The molecule has 5 nitrogen and oxygen atoms in total. The predicted octanol–water partition coefficient (Wildman–Crippen LogP) is 3.38. The first-order chi connectivity index (χ1) is 14.3. The summed E-state index contributed by atoms with van der Waals surface area (Å²) in [5, 5.41) is 0. The lowest BCUT2D eigenvalue weighted by Gasteiger charge is -2.46. The van der Waals surface area contributed by atoms with E-state index >= 15 is 0 Å². The molecule has 0 radical (unpaired) electrons. The van der Waals surface area contributed by atoms with Gasteiger partial charge in [0, 0.05) is 29.5 Å². The Balaban J connectivity index is 1.57. The fourth-order valence-corrected chi connectivity index (χ4v) is 6.03. The maximum Gasteiger partial charge on any atom is 0.264 e. The molecule has 162 valence electrons. The SMILES string of the molecule is Cc1cc(-c2ccc(C3(N(C)C)CCN(C)CC3)cc2)sc1C(=O)N1CC[C@H](N)C1. The molecular formula is C24H34N4OS. The molecule has 2 N–H and O–H groups in total. The van der Waals surface area contributed by atoms with E-state index < -0.39 is 0 Å². The zero-order chi connectivity index (χ0) is 21.5. The van der Waals surface area contributed by atoms with E-state index in [1.165, 1.54) is 11.1 Å². The van der Waals surface area contributed by atoms with Gasteiger partial charge in [-0.15, -0.1) is 11.3 Å². The molecule has 2 aliphatic rings. The van der Waals surface area contributed by atoms with Gasteiger partial charge < -0.3 is 15.5 Å². The summed E-state index contributed by atoms with van der Waals surface area (Å²) in [7, 11) is 6.60. The third-order valence-corrected chi connectivity index (χ3v) is 8.28. The highest BCUT2D eigenvalue weighted by Gasteiger charge is 2.37. The van der Waals surface area contributed by atoms with Gasteiger partial charge in [-0.1, -0.05) is 24.3 Å². The van der Waals surface area contributed by atoms with Gasteiger partial charge in [0.15, 0.2) is 0 Å². The molecule has 1 amide bonds. The largest absolute Gasteiger partial charge is 0.336 e. The summed E-state index contributed by atoms with van der Waals surface area (Å²) >= 11 is 1.61. The number of hydrogen-bond donors (Lipinski definition) is 1. The van der Waals surface area contributed by atoms with Crippen molar-refractivity contribution >= 4 is 17.2 Å². The number of amides is 1. The number of benzene rings is 1. The van der Waals surface area contributed by atoms with Gasteiger partial charge in [0.1, 0.15) is 0 Å². The molecule has 4 rings (SSSR count). The van der Waals surface area contributed by atoms with Crippen LogP contribution in [0.25, 0.3) is 10.4 Å². The van der Waals surface area contributed by atoms with Crippen LogP contribution in [-0.4, -0.2) is 74.0 Å². The van der Waals surface area contributed by atoms with Gasteiger partial charge in [0.05, 0.1) is 4.88 Å². The summed E-state index contributed by atoms with van der Waals surface area (Å²) < 4.78 is 0. The second kappa shape index (κ2) is 8.42.